The van der Waals surface area contributed by atoms with Gasteiger partial charge in [-0.3, -0.25) is 4.72 Å². The fourth-order valence-electron chi connectivity index (χ4n) is 2.63. The van der Waals surface area contributed by atoms with E-state index in [0.29, 0.717) is 23.0 Å². The second kappa shape index (κ2) is 8.87. The van der Waals surface area contributed by atoms with E-state index in [1.54, 1.807) is 36.5 Å². The Bertz CT molecular complexity index is 1120. The lowest BCUT2D eigenvalue weighted by Gasteiger charge is -2.13. The van der Waals surface area contributed by atoms with E-state index in [2.05, 4.69) is 20.2 Å². The first-order valence-corrected chi connectivity index (χ1v) is 10.4. The number of hydrogen-bond acceptors (Lipinski definition) is 8. The van der Waals surface area contributed by atoms with Crippen molar-refractivity contribution in [2.24, 2.45) is 0 Å². The second-order valence-corrected chi connectivity index (χ2v) is 8.20. The number of sulfonamides is 1. The third kappa shape index (κ3) is 4.90. The van der Waals surface area contributed by atoms with E-state index in [1.165, 1.54) is 26.4 Å². The van der Waals surface area contributed by atoms with Gasteiger partial charge >= 0.3 is 0 Å². The molecular formula is C20H23N5O4S. The van der Waals surface area contributed by atoms with Crippen LogP contribution in [-0.4, -0.2) is 46.9 Å². The first kappa shape index (κ1) is 21.2. The highest BCUT2D eigenvalue weighted by molar-refractivity contribution is 7.92. The summed E-state index contributed by atoms with van der Waals surface area (Å²) < 4.78 is 38.3. The molecule has 0 fully saturated rings. The normalized spacial score (nSPS) is 10.9. The first-order valence-electron chi connectivity index (χ1n) is 8.94. The van der Waals surface area contributed by atoms with Crippen LogP contribution in [0.1, 0.15) is 0 Å². The van der Waals surface area contributed by atoms with Crippen LogP contribution >= 0.6 is 0 Å². The van der Waals surface area contributed by atoms with Crippen molar-refractivity contribution in [3.8, 4) is 11.5 Å². The van der Waals surface area contributed by atoms with Gasteiger partial charge in [0.15, 0.2) is 17.3 Å². The smallest absolute Gasteiger partial charge is 0.262 e. The van der Waals surface area contributed by atoms with Gasteiger partial charge in [-0.2, -0.15) is 5.10 Å². The molecule has 2 N–H and O–H groups in total. The standard InChI is InChI=1S/C20H23N5O4S/c1-25(2)16-11-20(23-21-13-16)22-14-5-7-15(8-6-14)24-30(26,27)17-9-10-18(28-3)19(12-17)29-4/h5-13,24H,1-4H3,(H,22,23). The van der Waals surface area contributed by atoms with Gasteiger partial charge in [0.05, 0.1) is 31.0 Å². The van der Waals surface area contributed by atoms with Gasteiger partial charge in [0.2, 0.25) is 0 Å². The Morgan fingerprint density at radius 2 is 1.57 bits per heavy atom. The zero-order valence-corrected chi connectivity index (χ0v) is 17.9. The van der Waals surface area contributed by atoms with Crippen LogP contribution in [-0.2, 0) is 10.0 Å². The van der Waals surface area contributed by atoms with E-state index in [9.17, 15) is 8.42 Å². The van der Waals surface area contributed by atoms with Crippen molar-refractivity contribution >= 4 is 32.9 Å². The Labute approximate surface area is 175 Å². The fraction of sp³-hybridized carbons (Fsp3) is 0.200. The Morgan fingerprint density at radius 3 is 2.20 bits per heavy atom. The largest absolute Gasteiger partial charge is 0.493 e. The molecule has 2 aromatic carbocycles. The number of nitrogens with one attached hydrogen (secondary N) is 2. The van der Waals surface area contributed by atoms with Crippen LogP contribution in [0.25, 0.3) is 0 Å². The number of methoxy groups -OCH3 is 2. The van der Waals surface area contributed by atoms with Gasteiger partial charge < -0.3 is 19.7 Å². The Morgan fingerprint density at radius 1 is 0.900 bits per heavy atom. The molecule has 0 amide bonds. The van der Waals surface area contributed by atoms with Gasteiger partial charge in [-0.05, 0) is 36.4 Å². The van der Waals surface area contributed by atoms with Crippen molar-refractivity contribution in [1.82, 2.24) is 10.2 Å². The molecule has 0 unspecified atom stereocenters. The molecule has 0 saturated carbocycles. The molecule has 30 heavy (non-hydrogen) atoms. The van der Waals surface area contributed by atoms with E-state index < -0.39 is 10.0 Å². The maximum Gasteiger partial charge on any atom is 0.262 e. The summed E-state index contributed by atoms with van der Waals surface area (Å²) in [6.07, 6.45) is 1.66. The monoisotopic (exact) mass is 429 g/mol. The van der Waals surface area contributed by atoms with Crippen LogP contribution in [0.4, 0.5) is 22.9 Å². The zero-order chi connectivity index (χ0) is 21.7. The molecule has 0 radical (unpaired) electrons. The number of aromatic nitrogens is 2. The topological polar surface area (TPSA) is 106 Å². The van der Waals surface area contributed by atoms with Gasteiger partial charge in [-0.15, -0.1) is 5.10 Å². The van der Waals surface area contributed by atoms with Crippen molar-refractivity contribution in [2.75, 3.05) is 43.3 Å². The molecule has 0 aliphatic carbocycles. The van der Waals surface area contributed by atoms with Crippen LogP contribution in [0.2, 0.25) is 0 Å². The van der Waals surface area contributed by atoms with E-state index >= 15 is 0 Å². The number of anilines is 4. The average molecular weight is 430 g/mol. The molecule has 0 saturated heterocycles. The number of hydrogen-bond donors (Lipinski definition) is 2. The summed E-state index contributed by atoms with van der Waals surface area (Å²) in [6, 6.07) is 13.1. The minimum absolute atomic E-state index is 0.0677. The fourth-order valence-corrected chi connectivity index (χ4v) is 3.70. The predicted octanol–water partition coefficient (Wildman–Crippen LogP) is 3.10. The lowest BCUT2D eigenvalue weighted by Crippen LogP contribution is -2.13. The van der Waals surface area contributed by atoms with E-state index in [4.69, 9.17) is 9.47 Å². The minimum Gasteiger partial charge on any atom is -0.493 e. The summed E-state index contributed by atoms with van der Waals surface area (Å²) in [4.78, 5) is 1.99. The first-order chi connectivity index (χ1) is 14.3. The Balaban J connectivity index is 1.74. The molecule has 3 rings (SSSR count). The second-order valence-electron chi connectivity index (χ2n) is 6.52. The van der Waals surface area contributed by atoms with Crippen molar-refractivity contribution in [3.05, 3.63) is 54.7 Å². The molecule has 0 aliphatic heterocycles. The SMILES string of the molecule is COc1ccc(S(=O)(=O)Nc2ccc(Nc3cc(N(C)C)cnn3)cc2)cc1OC. The van der Waals surface area contributed by atoms with Gasteiger partial charge in [-0.25, -0.2) is 8.42 Å². The molecule has 0 atom stereocenters. The molecule has 1 aromatic heterocycles. The minimum atomic E-state index is -3.79. The summed E-state index contributed by atoms with van der Waals surface area (Å²) in [6.45, 7) is 0. The summed E-state index contributed by atoms with van der Waals surface area (Å²) in [5.41, 5.74) is 2.07. The zero-order valence-electron chi connectivity index (χ0n) is 17.1. The summed E-state index contributed by atoms with van der Waals surface area (Å²) in [5, 5.41) is 11.2. The highest BCUT2D eigenvalue weighted by atomic mass is 32.2. The van der Waals surface area contributed by atoms with Gasteiger partial charge in [0.1, 0.15) is 0 Å². The quantitative estimate of drug-likeness (QED) is 0.563. The summed E-state index contributed by atoms with van der Waals surface area (Å²) in [5.74, 6) is 1.37. The van der Waals surface area contributed by atoms with E-state index in [0.717, 1.165) is 11.4 Å². The highest BCUT2D eigenvalue weighted by Gasteiger charge is 2.17. The van der Waals surface area contributed by atoms with Crippen LogP contribution in [0.15, 0.2) is 59.6 Å². The maximum absolute atomic E-state index is 12.7. The predicted molar refractivity (Wildman–Crippen MR) is 116 cm³/mol. The van der Waals surface area contributed by atoms with Gasteiger partial charge in [0.25, 0.3) is 10.0 Å². The lowest BCUT2D eigenvalue weighted by molar-refractivity contribution is 0.354. The third-order valence-corrected chi connectivity index (χ3v) is 5.61. The lowest BCUT2D eigenvalue weighted by atomic mass is 10.3. The molecule has 10 heteroatoms. The van der Waals surface area contributed by atoms with Crippen molar-refractivity contribution in [3.63, 3.8) is 0 Å². The third-order valence-electron chi connectivity index (χ3n) is 4.23. The number of ether oxygens (including phenoxy) is 2. The maximum atomic E-state index is 12.7. The molecule has 0 spiro atoms. The molecule has 0 aliphatic rings. The molecule has 1 heterocycles. The van der Waals surface area contributed by atoms with Crippen molar-refractivity contribution in [2.45, 2.75) is 4.90 Å². The van der Waals surface area contributed by atoms with Gasteiger partial charge in [0, 0.05) is 37.6 Å². The van der Waals surface area contributed by atoms with Crippen LogP contribution in [0.3, 0.4) is 0 Å². The van der Waals surface area contributed by atoms with Crippen molar-refractivity contribution in [1.29, 1.82) is 0 Å². The molecule has 158 valence electrons. The van der Waals surface area contributed by atoms with Crippen molar-refractivity contribution < 1.29 is 17.9 Å². The molecular weight excluding hydrogens is 406 g/mol. The Hall–Kier alpha value is -3.53. The summed E-state index contributed by atoms with van der Waals surface area (Å²) >= 11 is 0. The number of nitrogens with zero attached hydrogens (tertiary/aromatic N) is 3. The average Bonchev–Trinajstić information content (AvgIpc) is 2.74. The van der Waals surface area contributed by atoms with E-state index in [1.807, 2.05) is 25.1 Å². The highest BCUT2D eigenvalue weighted by Crippen LogP contribution is 2.30. The number of benzene rings is 2. The van der Waals surface area contributed by atoms with Crippen LogP contribution in [0, 0.1) is 0 Å². The van der Waals surface area contributed by atoms with Crippen LogP contribution < -0.4 is 24.4 Å². The van der Waals surface area contributed by atoms with Gasteiger partial charge in [-0.1, -0.05) is 0 Å². The summed E-state index contributed by atoms with van der Waals surface area (Å²) in [7, 11) is 2.98. The number of rotatable bonds is 8. The van der Waals surface area contributed by atoms with E-state index in [-0.39, 0.29) is 4.90 Å². The molecule has 0 bridgehead atoms. The molecule has 9 nitrogen and oxygen atoms in total. The van der Waals surface area contributed by atoms with Crippen LogP contribution in [0.5, 0.6) is 11.5 Å². The Kier molecular flexibility index (Phi) is 6.26. The molecule has 3 aromatic rings.